The highest BCUT2D eigenvalue weighted by atomic mass is 19.4. The Morgan fingerprint density at radius 3 is 2.21 bits per heavy atom. The number of ether oxygens (including phenoxy) is 1. The molecule has 1 amide bonds. The van der Waals surface area contributed by atoms with Gasteiger partial charge in [-0.2, -0.15) is 13.2 Å². The molecule has 9 heteroatoms. The topological polar surface area (TPSA) is 64.4 Å². The Bertz CT molecular complexity index is 1430. The van der Waals surface area contributed by atoms with Gasteiger partial charge in [-0.05, 0) is 28.8 Å². The number of hydrogen-bond donors (Lipinski definition) is 0. The van der Waals surface area contributed by atoms with Crippen molar-refractivity contribution in [3.63, 3.8) is 0 Å². The van der Waals surface area contributed by atoms with Crippen LogP contribution in [0.15, 0.2) is 91.3 Å². The van der Waals surface area contributed by atoms with Gasteiger partial charge in [-0.15, -0.1) is 0 Å². The van der Waals surface area contributed by atoms with Gasteiger partial charge in [0.1, 0.15) is 6.04 Å². The summed E-state index contributed by atoms with van der Waals surface area (Å²) in [7, 11) is 1.27. The lowest BCUT2D eigenvalue weighted by atomic mass is 9.88. The van der Waals surface area contributed by atoms with Crippen LogP contribution in [0.4, 0.5) is 13.2 Å². The first-order valence-corrected chi connectivity index (χ1v) is 12.4. The number of imidazole rings is 1. The van der Waals surface area contributed by atoms with Gasteiger partial charge in [-0.3, -0.25) is 4.79 Å². The van der Waals surface area contributed by atoms with Crippen LogP contribution in [0.3, 0.4) is 0 Å². The van der Waals surface area contributed by atoms with Crippen LogP contribution in [0.2, 0.25) is 0 Å². The van der Waals surface area contributed by atoms with Gasteiger partial charge in [0.15, 0.2) is 0 Å². The molecule has 1 aliphatic heterocycles. The molecule has 0 aliphatic carbocycles. The molecule has 0 saturated carbocycles. The number of rotatable bonds is 6. The van der Waals surface area contributed by atoms with Gasteiger partial charge in [-0.1, -0.05) is 72.8 Å². The lowest BCUT2D eigenvalue weighted by molar-refractivity contribution is -0.154. The Hall–Kier alpha value is -4.40. The summed E-state index contributed by atoms with van der Waals surface area (Å²) in [6.45, 7) is 0.213. The highest BCUT2D eigenvalue weighted by molar-refractivity contribution is 5.91. The van der Waals surface area contributed by atoms with E-state index in [1.807, 2.05) is 60.7 Å². The third-order valence-corrected chi connectivity index (χ3v) is 6.99. The van der Waals surface area contributed by atoms with Crippen molar-refractivity contribution >= 4 is 11.9 Å². The van der Waals surface area contributed by atoms with E-state index in [9.17, 15) is 22.8 Å². The number of amides is 1. The second kappa shape index (κ2) is 10.8. The molecule has 2 heterocycles. The maximum absolute atomic E-state index is 14.1. The first-order chi connectivity index (χ1) is 18.8. The third kappa shape index (κ3) is 5.43. The average Bonchev–Trinajstić information content (AvgIpc) is 3.34. The van der Waals surface area contributed by atoms with Crippen molar-refractivity contribution in [2.45, 2.75) is 37.6 Å². The van der Waals surface area contributed by atoms with Crippen molar-refractivity contribution in [1.82, 2.24) is 14.5 Å². The number of aromatic nitrogens is 2. The number of carbonyl (C=O) groups is 2. The second-order valence-corrected chi connectivity index (χ2v) is 9.43. The van der Waals surface area contributed by atoms with Crippen molar-refractivity contribution in [2.75, 3.05) is 7.11 Å². The number of alkyl halides is 3. The fourth-order valence-electron chi connectivity index (χ4n) is 5.07. The van der Waals surface area contributed by atoms with Gasteiger partial charge in [0.05, 0.1) is 37.2 Å². The predicted molar refractivity (Wildman–Crippen MR) is 138 cm³/mol. The van der Waals surface area contributed by atoms with Crippen LogP contribution in [0, 0.1) is 0 Å². The van der Waals surface area contributed by atoms with Crippen LogP contribution >= 0.6 is 0 Å². The molecule has 0 spiro atoms. The quantitative estimate of drug-likeness (QED) is 0.320. The summed E-state index contributed by atoms with van der Waals surface area (Å²) in [6.07, 6.45) is -2.78. The minimum Gasteiger partial charge on any atom is -0.467 e. The largest absolute Gasteiger partial charge is 0.467 e. The highest BCUT2D eigenvalue weighted by Gasteiger charge is 2.41. The van der Waals surface area contributed by atoms with Crippen LogP contribution in [0.1, 0.15) is 39.6 Å². The zero-order valence-corrected chi connectivity index (χ0v) is 21.1. The molecule has 0 radical (unpaired) electrons. The van der Waals surface area contributed by atoms with Gasteiger partial charge in [0.25, 0.3) is 0 Å². The van der Waals surface area contributed by atoms with Crippen LogP contribution in [-0.2, 0) is 40.0 Å². The number of benzene rings is 3. The average molecular weight is 534 g/mol. The second-order valence-electron chi connectivity index (χ2n) is 9.43. The maximum atomic E-state index is 14.1. The van der Waals surface area contributed by atoms with E-state index in [1.54, 1.807) is 17.0 Å². The Morgan fingerprint density at radius 2 is 1.62 bits per heavy atom. The summed E-state index contributed by atoms with van der Waals surface area (Å²) in [6, 6.07) is 22.9. The number of halogens is 3. The summed E-state index contributed by atoms with van der Waals surface area (Å²) in [5.74, 6) is -1.48. The SMILES string of the molecule is COC(=O)C1Cc2c(ncn2Cc2cccc(C(F)(F)F)c2)CN1C(=O)C(c1ccccc1)c1ccccc1. The Morgan fingerprint density at radius 1 is 0.974 bits per heavy atom. The molecule has 1 atom stereocenters. The van der Waals surface area contributed by atoms with Gasteiger partial charge in [0.2, 0.25) is 5.91 Å². The van der Waals surface area contributed by atoms with Crippen LogP contribution < -0.4 is 0 Å². The Kier molecular flexibility index (Phi) is 7.24. The molecule has 0 N–H and O–H groups in total. The molecule has 5 rings (SSSR count). The first-order valence-electron chi connectivity index (χ1n) is 12.4. The van der Waals surface area contributed by atoms with E-state index in [1.165, 1.54) is 18.1 Å². The zero-order valence-electron chi connectivity index (χ0n) is 21.1. The van der Waals surface area contributed by atoms with Crippen LogP contribution in [-0.4, -0.2) is 39.5 Å². The fraction of sp³-hybridized carbons (Fsp3) is 0.233. The summed E-state index contributed by atoms with van der Waals surface area (Å²) in [5.41, 5.74) is 2.58. The molecule has 1 aromatic heterocycles. The lowest BCUT2D eigenvalue weighted by Gasteiger charge is -2.36. The number of fused-ring (bicyclic) bond motifs is 1. The maximum Gasteiger partial charge on any atom is 0.416 e. The molecular weight excluding hydrogens is 507 g/mol. The lowest BCUT2D eigenvalue weighted by Crippen LogP contribution is -2.51. The monoisotopic (exact) mass is 533 g/mol. The van der Waals surface area contributed by atoms with E-state index in [-0.39, 0.29) is 25.4 Å². The molecule has 0 fully saturated rings. The van der Waals surface area contributed by atoms with Gasteiger partial charge < -0.3 is 14.2 Å². The van der Waals surface area contributed by atoms with Crippen molar-refractivity contribution in [3.05, 3.63) is 125 Å². The van der Waals surface area contributed by atoms with E-state index in [4.69, 9.17) is 4.74 Å². The molecule has 39 heavy (non-hydrogen) atoms. The normalized spacial score (nSPS) is 15.2. The number of nitrogens with zero attached hydrogens (tertiary/aromatic N) is 3. The molecule has 200 valence electrons. The Balaban J connectivity index is 1.48. The highest BCUT2D eigenvalue weighted by Crippen LogP contribution is 2.33. The number of carbonyl (C=O) groups excluding carboxylic acids is 2. The molecule has 1 unspecified atom stereocenters. The molecule has 3 aromatic carbocycles. The molecule has 0 bridgehead atoms. The third-order valence-electron chi connectivity index (χ3n) is 6.99. The number of methoxy groups -OCH3 is 1. The van der Waals surface area contributed by atoms with Crippen LogP contribution in [0.5, 0.6) is 0 Å². The summed E-state index contributed by atoms with van der Waals surface area (Å²) < 4.78 is 46.5. The van der Waals surface area contributed by atoms with Crippen molar-refractivity contribution in [1.29, 1.82) is 0 Å². The summed E-state index contributed by atoms with van der Waals surface area (Å²) in [5, 5.41) is 0. The van der Waals surface area contributed by atoms with Crippen molar-refractivity contribution in [2.24, 2.45) is 0 Å². The van der Waals surface area contributed by atoms with E-state index < -0.39 is 29.7 Å². The molecule has 4 aromatic rings. The molecule has 6 nitrogen and oxygen atoms in total. The van der Waals surface area contributed by atoms with Gasteiger partial charge in [0, 0.05) is 18.7 Å². The fourth-order valence-corrected chi connectivity index (χ4v) is 5.07. The molecule has 0 saturated heterocycles. The zero-order chi connectivity index (χ0) is 27.6. The van der Waals surface area contributed by atoms with Gasteiger partial charge >= 0.3 is 12.1 Å². The smallest absolute Gasteiger partial charge is 0.416 e. The van der Waals surface area contributed by atoms with Gasteiger partial charge in [-0.25, -0.2) is 9.78 Å². The minimum absolute atomic E-state index is 0.0691. The van der Waals surface area contributed by atoms with Crippen molar-refractivity contribution in [3.8, 4) is 0 Å². The van der Waals surface area contributed by atoms with Crippen LogP contribution in [0.25, 0.3) is 0 Å². The Labute approximate surface area is 223 Å². The number of hydrogen-bond acceptors (Lipinski definition) is 4. The van der Waals surface area contributed by atoms with E-state index in [0.717, 1.165) is 23.3 Å². The van der Waals surface area contributed by atoms with E-state index in [0.29, 0.717) is 17.0 Å². The van der Waals surface area contributed by atoms with E-state index in [2.05, 4.69) is 4.98 Å². The molecule has 1 aliphatic rings. The molecular formula is C30H26F3N3O3. The van der Waals surface area contributed by atoms with E-state index >= 15 is 0 Å². The van der Waals surface area contributed by atoms with Crippen molar-refractivity contribution < 1.29 is 27.5 Å². The number of esters is 1. The first kappa shape index (κ1) is 26.2. The standard InChI is InChI=1S/C30H26F3N3O3/c1-39-29(38)26-16-25-24(34-19-35(25)17-20-9-8-14-23(15-20)30(31,32)33)18-36(26)28(37)27(21-10-4-2-5-11-21)22-12-6-3-7-13-22/h2-15,19,26-27H,16-18H2,1H3. The summed E-state index contributed by atoms with van der Waals surface area (Å²) in [4.78, 5) is 33.1. The predicted octanol–water partition coefficient (Wildman–Crippen LogP) is 5.21. The minimum atomic E-state index is -4.45. The summed E-state index contributed by atoms with van der Waals surface area (Å²) >= 11 is 0.